The van der Waals surface area contributed by atoms with Crippen LogP contribution in [-0.2, 0) is 17.1 Å². The average molecular weight is 441 g/mol. The Hall–Kier alpha value is -2.31. The number of hydrogen-bond donors (Lipinski definition) is 1. The molecule has 0 radical (unpaired) electrons. The lowest BCUT2D eigenvalue weighted by Crippen LogP contribution is -2.30. The molecule has 1 saturated carbocycles. The van der Waals surface area contributed by atoms with Gasteiger partial charge in [0.1, 0.15) is 0 Å². The van der Waals surface area contributed by atoms with Crippen LogP contribution in [0.2, 0.25) is 5.02 Å². The van der Waals surface area contributed by atoms with Gasteiger partial charge in [0.2, 0.25) is 5.91 Å². The molecule has 1 amide bonds. The molecular formula is C23H25ClN4OS. The molecule has 30 heavy (non-hydrogen) atoms. The highest BCUT2D eigenvalue weighted by atomic mass is 35.5. The number of thioether (sulfide) groups is 1. The van der Waals surface area contributed by atoms with Crippen molar-refractivity contribution in [2.24, 2.45) is 5.92 Å². The van der Waals surface area contributed by atoms with Crippen LogP contribution in [0, 0.1) is 12.8 Å². The van der Waals surface area contributed by atoms with Crippen molar-refractivity contribution in [2.45, 2.75) is 50.1 Å². The van der Waals surface area contributed by atoms with Gasteiger partial charge >= 0.3 is 0 Å². The smallest absolute Gasteiger partial charge is 0.223 e. The molecule has 0 unspecified atom stereocenters. The molecule has 2 aromatic carbocycles. The van der Waals surface area contributed by atoms with Crippen molar-refractivity contribution in [3.05, 3.63) is 70.5 Å². The van der Waals surface area contributed by atoms with E-state index in [2.05, 4.69) is 27.6 Å². The topological polar surface area (TPSA) is 59.8 Å². The van der Waals surface area contributed by atoms with Crippen LogP contribution in [0.4, 0.5) is 0 Å². The summed E-state index contributed by atoms with van der Waals surface area (Å²) in [6.45, 7) is 2.39. The number of carbonyl (C=O) groups excluding carboxylic acids is 1. The minimum atomic E-state index is 0.114. The summed E-state index contributed by atoms with van der Waals surface area (Å²) in [5.41, 5.74) is 3.23. The molecule has 3 aromatic rings. The number of carbonyl (C=O) groups is 1. The summed E-state index contributed by atoms with van der Waals surface area (Å²) in [7, 11) is 0. The highest BCUT2D eigenvalue weighted by Crippen LogP contribution is 2.29. The van der Waals surface area contributed by atoms with Crippen molar-refractivity contribution in [3.63, 3.8) is 0 Å². The van der Waals surface area contributed by atoms with E-state index in [0.717, 1.165) is 47.8 Å². The monoisotopic (exact) mass is 440 g/mol. The fraction of sp³-hybridized carbons (Fsp3) is 0.348. The van der Waals surface area contributed by atoms with E-state index in [1.165, 1.54) is 5.56 Å². The molecular weight excluding hydrogens is 416 g/mol. The average Bonchev–Trinajstić information content (AvgIpc) is 3.43. The Labute approximate surface area is 186 Å². The van der Waals surface area contributed by atoms with Crippen molar-refractivity contribution < 1.29 is 4.79 Å². The zero-order valence-electron chi connectivity index (χ0n) is 17.0. The Balaban J connectivity index is 1.59. The molecule has 0 saturated heterocycles. The van der Waals surface area contributed by atoms with Gasteiger partial charge in [-0.2, -0.15) is 0 Å². The van der Waals surface area contributed by atoms with Crippen LogP contribution in [0.25, 0.3) is 5.69 Å². The first-order valence-corrected chi connectivity index (χ1v) is 11.6. The van der Waals surface area contributed by atoms with Crippen LogP contribution in [0.5, 0.6) is 0 Å². The molecule has 5 nitrogen and oxygen atoms in total. The van der Waals surface area contributed by atoms with Crippen LogP contribution in [0.3, 0.4) is 0 Å². The van der Waals surface area contributed by atoms with E-state index in [9.17, 15) is 4.79 Å². The van der Waals surface area contributed by atoms with Crippen LogP contribution in [0.1, 0.15) is 42.6 Å². The van der Waals surface area contributed by atoms with Crippen molar-refractivity contribution in [2.75, 3.05) is 0 Å². The van der Waals surface area contributed by atoms with E-state index >= 15 is 0 Å². The molecule has 1 aliphatic carbocycles. The number of nitrogens with zero attached hydrogens (tertiary/aromatic N) is 3. The normalized spacial score (nSPS) is 14.2. The fourth-order valence-corrected chi connectivity index (χ4v) is 4.88. The minimum Gasteiger partial charge on any atom is -0.349 e. The molecule has 1 aliphatic rings. The Morgan fingerprint density at radius 2 is 1.93 bits per heavy atom. The Kier molecular flexibility index (Phi) is 6.75. The van der Waals surface area contributed by atoms with E-state index in [1.807, 2.05) is 47.9 Å². The third kappa shape index (κ3) is 4.87. The molecule has 0 aliphatic heterocycles. The highest BCUT2D eigenvalue weighted by Gasteiger charge is 2.23. The van der Waals surface area contributed by atoms with Gasteiger partial charge in [-0.15, -0.1) is 10.2 Å². The largest absolute Gasteiger partial charge is 0.349 e. The van der Waals surface area contributed by atoms with E-state index in [-0.39, 0.29) is 11.8 Å². The highest BCUT2D eigenvalue weighted by molar-refractivity contribution is 7.98. The Bertz CT molecular complexity index is 1020. The summed E-state index contributed by atoms with van der Waals surface area (Å²) in [5.74, 6) is 1.74. The number of nitrogens with one attached hydrogen (secondary N) is 1. The van der Waals surface area contributed by atoms with Gasteiger partial charge in [-0.1, -0.05) is 72.6 Å². The number of halogens is 1. The zero-order valence-corrected chi connectivity index (χ0v) is 18.5. The standard InChI is InChI=1S/C23H25ClN4OS/c1-16-11-12-19(24)13-20(16)28-21(14-25-22(29)18-9-5-6-10-18)26-27-23(28)30-15-17-7-3-2-4-8-17/h2-4,7-8,11-13,18H,5-6,9-10,14-15H2,1H3,(H,25,29). The van der Waals surface area contributed by atoms with Crippen LogP contribution in [-0.4, -0.2) is 20.7 Å². The summed E-state index contributed by atoms with van der Waals surface area (Å²) in [6.07, 6.45) is 4.22. The first-order chi connectivity index (χ1) is 14.6. The van der Waals surface area contributed by atoms with Gasteiger partial charge in [0.15, 0.2) is 11.0 Å². The zero-order chi connectivity index (χ0) is 20.9. The van der Waals surface area contributed by atoms with E-state index in [1.54, 1.807) is 11.8 Å². The number of aromatic nitrogens is 3. The lowest BCUT2D eigenvalue weighted by Gasteiger charge is -2.15. The van der Waals surface area contributed by atoms with Gasteiger partial charge in [-0.25, -0.2) is 0 Å². The number of hydrogen-bond acceptors (Lipinski definition) is 4. The van der Waals surface area contributed by atoms with Crippen molar-refractivity contribution in [3.8, 4) is 5.69 Å². The second kappa shape index (κ2) is 9.67. The molecule has 156 valence electrons. The van der Waals surface area contributed by atoms with Gasteiger partial charge in [-0.3, -0.25) is 9.36 Å². The molecule has 4 rings (SSSR count). The lowest BCUT2D eigenvalue weighted by atomic mass is 10.1. The number of benzene rings is 2. The molecule has 7 heteroatoms. The molecule has 0 atom stereocenters. The maximum atomic E-state index is 12.5. The Morgan fingerprint density at radius 3 is 2.70 bits per heavy atom. The van der Waals surface area contributed by atoms with Gasteiger partial charge in [0.05, 0.1) is 12.2 Å². The van der Waals surface area contributed by atoms with E-state index in [4.69, 9.17) is 11.6 Å². The first kappa shape index (κ1) is 20.9. The van der Waals surface area contributed by atoms with Crippen LogP contribution >= 0.6 is 23.4 Å². The SMILES string of the molecule is Cc1ccc(Cl)cc1-n1c(CNC(=O)C2CCCC2)nnc1SCc1ccccc1. The lowest BCUT2D eigenvalue weighted by molar-refractivity contribution is -0.125. The third-order valence-electron chi connectivity index (χ3n) is 5.47. The fourth-order valence-electron chi connectivity index (χ4n) is 3.79. The van der Waals surface area contributed by atoms with E-state index in [0.29, 0.717) is 17.4 Å². The number of rotatable bonds is 7. The predicted octanol–water partition coefficient (Wildman–Crippen LogP) is 5.33. The summed E-state index contributed by atoms with van der Waals surface area (Å²) in [5, 5.41) is 13.4. The predicted molar refractivity (Wildman–Crippen MR) is 121 cm³/mol. The summed E-state index contributed by atoms with van der Waals surface area (Å²) in [4.78, 5) is 12.5. The second-order valence-corrected chi connectivity index (χ2v) is 9.02. The van der Waals surface area contributed by atoms with Crippen LogP contribution < -0.4 is 5.32 Å². The quantitative estimate of drug-likeness (QED) is 0.504. The molecule has 1 fully saturated rings. The van der Waals surface area contributed by atoms with Gasteiger partial charge in [0.25, 0.3) is 0 Å². The molecule has 0 spiro atoms. The molecule has 1 N–H and O–H groups in total. The maximum Gasteiger partial charge on any atom is 0.223 e. The number of aryl methyl sites for hydroxylation is 1. The first-order valence-electron chi connectivity index (χ1n) is 10.3. The summed E-state index contributed by atoms with van der Waals surface area (Å²) < 4.78 is 2.02. The third-order valence-corrected chi connectivity index (χ3v) is 6.71. The molecule has 1 aromatic heterocycles. The van der Waals surface area contributed by atoms with Crippen molar-refractivity contribution in [1.29, 1.82) is 0 Å². The summed E-state index contributed by atoms with van der Waals surface area (Å²) in [6, 6.07) is 16.1. The summed E-state index contributed by atoms with van der Waals surface area (Å²) >= 11 is 7.92. The van der Waals surface area contributed by atoms with Crippen molar-refractivity contribution >= 4 is 29.3 Å². The maximum absolute atomic E-state index is 12.5. The molecule has 1 heterocycles. The Morgan fingerprint density at radius 1 is 1.17 bits per heavy atom. The van der Waals surface area contributed by atoms with Gasteiger partial charge in [-0.05, 0) is 43.0 Å². The van der Waals surface area contributed by atoms with Crippen LogP contribution in [0.15, 0.2) is 53.7 Å². The molecule has 0 bridgehead atoms. The van der Waals surface area contributed by atoms with Crippen molar-refractivity contribution in [1.82, 2.24) is 20.1 Å². The number of amides is 1. The minimum absolute atomic E-state index is 0.114. The second-order valence-electron chi connectivity index (χ2n) is 7.64. The van der Waals surface area contributed by atoms with Gasteiger partial charge in [0, 0.05) is 16.7 Å². The van der Waals surface area contributed by atoms with Gasteiger partial charge < -0.3 is 5.32 Å². The van der Waals surface area contributed by atoms with E-state index < -0.39 is 0 Å².